The summed E-state index contributed by atoms with van der Waals surface area (Å²) in [5.41, 5.74) is 0.817. The van der Waals surface area contributed by atoms with Crippen LogP contribution in [-0.2, 0) is 9.59 Å². The average molecular weight is 451 g/mol. The molecule has 3 fully saturated rings. The molecule has 4 nitrogen and oxygen atoms in total. The third-order valence-corrected chi connectivity index (χ3v) is 8.82. The number of nitrogens with zero attached hydrogens (tertiary/aromatic N) is 1. The minimum absolute atomic E-state index is 0.0375. The Hall–Kier alpha value is -2.14. The van der Waals surface area contributed by atoms with Gasteiger partial charge in [-0.1, -0.05) is 49.9 Å². The minimum Gasteiger partial charge on any atom is -0.351 e. The Morgan fingerprint density at radius 1 is 0.969 bits per heavy atom. The van der Waals surface area contributed by atoms with Crippen molar-refractivity contribution < 1.29 is 9.59 Å². The van der Waals surface area contributed by atoms with Crippen LogP contribution >= 0.6 is 11.3 Å². The Morgan fingerprint density at radius 3 is 2.44 bits per heavy atom. The predicted octanol–water partition coefficient (Wildman–Crippen LogP) is 6.10. The Morgan fingerprint density at radius 2 is 1.78 bits per heavy atom. The lowest BCUT2D eigenvalue weighted by molar-refractivity contribution is -0.127. The van der Waals surface area contributed by atoms with E-state index in [9.17, 15) is 9.59 Å². The summed E-state index contributed by atoms with van der Waals surface area (Å²) in [7, 11) is 0. The fourth-order valence-corrected chi connectivity index (χ4v) is 7.14. The Labute approximate surface area is 195 Å². The van der Waals surface area contributed by atoms with Crippen LogP contribution in [0.2, 0.25) is 0 Å². The van der Waals surface area contributed by atoms with Gasteiger partial charge in [0.15, 0.2) is 0 Å². The molecule has 4 atom stereocenters. The van der Waals surface area contributed by atoms with Crippen molar-refractivity contribution in [3.8, 4) is 0 Å². The van der Waals surface area contributed by atoms with Gasteiger partial charge >= 0.3 is 0 Å². The second kappa shape index (κ2) is 9.78. The van der Waals surface area contributed by atoms with Crippen molar-refractivity contribution >= 4 is 28.8 Å². The van der Waals surface area contributed by atoms with Crippen LogP contribution < -0.4 is 10.2 Å². The number of benzene rings is 1. The molecule has 1 heterocycles. The van der Waals surface area contributed by atoms with E-state index in [2.05, 4.69) is 5.32 Å². The topological polar surface area (TPSA) is 49.4 Å². The maximum absolute atomic E-state index is 13.9. The summed E-state index contributed by atoms with van der Waals surface area (Å²) >= 11 is 1.56. The minimum atomic E-state index is -0.606. The zero-order valence-corrected chi connectivity index (χ0v) is 19.6. The summed E-state index contributed by atoms with van der Waals surface area (Å²) in [4.78, 5) is 30.3. The highest BCUT2D eigenvalue weighted by atomic mass is 32.1. The van der Waals surface area contributed by atoms with Crippen molar-refractivity contribution in [2.75, 3.05) is 4.90 Å². The molecule has 2 aromatic rings. The van der Waals surface area contributed by atoms with Crippen LogP contribution in [0.15, 0.2) is 47.8 Å². The first kappa shape index (κ1) is 21.7. The number of amides is 2. The van der Waals surface area contributed by atoms with Crippen molar-refractivity contribution in [3.63, 3.8) is 0 Å². The van der Waals surface area contributed by atoms with E-state index < -0.39 is 6.04 Å². The van der Waals surface area contributed by atoms with Gasteiger partial charge in [-0.05, 0) is 73.4 Å². The molecule has 1 aromatic heterocycles. The molecular formula is C27H34N2O2S. The first-order chi connectivity index (χ1) is 15.7. The van der Waals surface area contributed by atoms with Gasteiger partial charge in [0, 0.05) is 23.0 Å². The highest BCUT2D eigenvalue weighted by Crippen LogP contribution is 2.50. The predicted molar refractivity (Wildman–Crippen MR) is 130 cm³/mol. The summed E-state index contributed by atoms with van der Waals surface area (Å²) in [6.45, 7) is 0. The SMILES string of the molecule is O=C(NC1CCCCC1)[C@@H](c1cccs1)N(C(=O)C[C@H]1C[C@@H]2CC[C@@H]1C2)c1ccccc1. The molecule has 170 valence electrons. The molecule has 0 spiro atoms. The maximum atomic E-state index is 13.9. The summed E-state index contributed by atoms with van der Waals surface area (Å²) in [6.07, 6.45) is 11.3. The molecule has 3 aliphatic rings. The first-order valence-corrected chi connectivity index (χ1v) is 13.3. The van der Waals surface area contributed by atoms with Crippen LogP contribution in [0.1, 0.15) is 75.1 Å². The monoisotopic (exact) mass is 450 g/mol. The summed E-state index contributed by atoms with van der Waals surface area (Å²) in [6, 6.07) is 13.4. The molecule has 3 saturated carbocycles. The molecule has 0 unspecified atom stereocenters. The smallest absolute Gasteiger partial charge is 0.248 e. The number of carbonyl (C=O) groups excluding carboxylic acids is 2. The molecule has 32 heavy (non-hydrogen) atoms. The van der Waals surface area contributed by atoms with Crippen molar-refractivity contribution in [2.24, 2.45) is 17.8 Å². The molecule has 1 N–H and O–H groups in total. The molecule has 0 aliphatic heterocycles. The van der Waals surface area contributed by atoms with Gasteiger partial charge in [0.2, 0.25) is 11.8 Å². The molecule has 0 radical (unpaired) electrons. The molecule has 1 aromatic carbocycles. The van der Waals surface area contributed by atoms with E-state index >= 15 is 0 Å². The van der Waals surface area contributed by atoms with Crippen LogP contribution in [0.3, 0.4) is 0 Å². The number of para-hydroxylation sites is 1. The van der Waals surface area contributed by atoms with E-state index in [1.54, 1.807) is 16.2 Å². The van der Waals surface area contributed by atoms with Crippen molar-refractivity contribution in [1.29, 1.82) is 0 Å². The second-order valence-electron chi connectivity index (χ2n) is 10.00. The van der Waals surface area contributed by atoms with Crippen molar-refractivity contribution in [1.82, 2.24) is 5.32 Å². The second-order valence-corrected chi connectivity index (χ2v) is 11.0. The molecular weight excluding hydrogens is 416 g/mol. The molecule has 5 heteroatoms. The van der Waals surface area contributed by atoms with Crippen LogP contribution in [-0.4, -0.2) is 17.9 Å². The van der Waals surface area contributed by atoms with Crippen molar-refractivity contribution in [3.05, 3.63) is 52.7 Å². The lowest BCUT2D eigenvalue weighted by Gasteiger charge is -2.34. The number of hydrogen-bond acceptors (Lipinski definition) is 3. The van der Waals surface area contributed by atoms with Crippen LogP contribution in [0.4, 0.5) is 5.69 Å². The lowest BCUT2D eigenvalue weighted by Crippen LogP contribution is -2.47. The van der Waals surface area contributed by atoms with Crippen LogP contribution in [0.25, 0.3) is 0 Å². The van der Waals surface area contributed by atoms with Gasteiger partial charge in [0.25, 0.3) is 0 Å². The Balaban J connectivity index is 1.43. The Kier molecular flexibility index (Phi) is 6.63. The average Bonchev–Trinajstić information content (AvgIpc) is 3.57. The molecule has 2 bridgehead atoms. The fraction of sp³-hybridized carbons (Fsp3) is 0.556. The number of thiophene rings is 1. The zero-order chi connectivity index (χ0) is 21.9. The number of hydrogen-bond donors (Lipinski definition) is 1. The fourth-order valence-electron chi connectivity index (χ4n) is 6.32. The van der Waals surface area contributed by atoms with Crippen molar-refractivity contribution in [2.45, 2.75) is 76.3 Å². The number of nitrogens with one attached hydrogen (secondary N) is 1. The number of carbonyl (C=O) groups is 2. The zero-order valence-electron chi connectivity index (χ0n) is 18.7. The van der Waals surface area contributed by atoms with Gasteiger partial charge in [-0.25, -0.2) is 0 Å². The normalized spacial score (nSPS) is 26.1. The van der Waals surface area contributed by atoms with E-state index in [4.69, 9.17) is 0 Å². The molecule has 5 rings (SSSR count). The van der Waals surface area contributed by atoms with E-state index in [0.29, 0.717) is 18.3 Å². The number of fused-ring (bicyclic) bond motifs is 2. The quantitative estimate of drug-likeness (QED) is 0.554. The highest BCUT2D eigenvalue weighted by Gasteiger charge is 2.42. The van der Waals surface area contributed by atoms with Crippen LogP contribution in [0.5, 0.6) is 0 Å². The lowest BCUT2D eigenvalue weighted by atomic mass is 9.86. The van der Waals surface area contributed by atoms with Crippen LogP contribution in [0, 0.1) is 17.8 Å². The number of anilines is 1. The highest BCUT2D eigenvalue weighted by molar-refractivity contribution is 7.10. The van der Waals surface area contributed by atoms with E-state index in [-0.39, 0.29) is 17.9 Å². The maximum Gasteiger partial charge on any atom is 0.248 e. The molecule has 0 saturated heterocycles. The molecule has 3 aliphatic carbocycles. The van der Waals surface area contributed by atoms with Gasteiger partial charge in [-0.3, -0.25) is 14.5 Å². The third kappa shape index (κ3) is 4.63. The van der Waals surface area contributed by atoms with E-state index in [1.807, 2.05) is 47.8 Å². The number of rotatable bonds is 7. The third-order valence-electron chi connectivity index (χ3n) is 7.90. The first-order valence-electron chi connectivity index (χ1n) is 12.4. The summed E-state index contributed by atoms with van der Waals surface area (Å²) < 4.78 is 0. The summed E-state index contributed by atoms with van der Waals surface area (Å²) in [5, 5.41) is 5.31. The van der Waals surface area contributed by atoms with Gasteiger partial charge in [0.05, 0.1) is 0 Å². The standard InChI is InChI=1S/C27H34N2O2S/c30-25(18-21-17-19-13-14-20(21)16-19)29(23-10-5-2-6-11-23)26(24-12-7-15-32-24)27(31)28-22-8-3-1-4-9-22/h2,5-7,10-12,15,19-22,26H,1,3-4,8-9,13-14,16-18H2,(H,28,31)/t19-,20-,21-,26-/m1/s1. The van der Waals surface area contributed by atoms with Gasteiger partial charge < -0.3 is 5.32 Å². The van der Waals surface area contributed by atoms with Gasteiger partial charge in [0.1, 0.15) is 6.04 Å². The van der Waals surface area contributed by atoms with Gasteiger partial charge in [-0.2, -0.15) is 0 Å². The Bertz CT molecular complexity index is 907. The van der Waals surface area contributed by atoms with Gasteiger partial charge in [-0.15, -0.1) is 11.3 Å². The van der Waals surface area contributed by atoms with E-state index in [0.717, 1.165) is 29.3 Å². The summed E-state index contributed by atoms with van der Waals surface area (Å²) in [5.74, 6) is 2.02. The molecule has 2 amide bonds. The largest absolute Gasteiger partial charge is 0.351 e. The van der Waals surface area contributed by atoms with E-state index in [1.165, 1.54) is 44.9 Å².